The van der Waals surface area contributed by atoms with Gasteiger partial charge in [0, 0.05) is 47.7 Å². The minimum absolute atomic E-state index is 0.195. The number of anilines is 2. The molecule has 4 aromatic rings. The highest BCUT2D eigenvalue weighted by molar-refractivity contribution is 6.33. The first kappa shape index (κ1) is 24.3. The number of amides is 1. The number of halogens is 2. The monoisotopic (exact) mass is 505 g/mol. The predicted molar refractivity (Wildman–Crippen MR) is 145 cm³/mol. The van der Waals surface area contributed by atoms with E-state index >= 15 is 0 Å². The van der Waals surface area contributed by atoms with E-state index in [9.17, 15) is 9.18 Å². The molecule has 3 aromatic carbocycles. The summed E-state index contributed by atoms with van der Waals surface area (Å²) in [5.41, 5.74) is 5.09. The SMILES string of the molecule is Cc1cc(N2C[C@@H](C)N(C)[C@@H](C)C2)ccc1C(=O)Nc1ccc(Cl)c(-c2nc3ccc(F)cc3[nH]2)c1. The Morgan fingerprint density at radius 3 is 2.56 bits per heavy atom. The van der Waals surface area contributed by atoms with Crippen LogP contribution in [0.25, 0.3) is 22.4 Å². The second-order valence-corrected chi connectivity index (χ2v) is 10.1. The van der Waals surface area contributed by atoms with Crippen LogP contribution in [0.4, 0.5) is 15.8 Å². The summed E-state index contributed by atoms with van der Waals surface area (Å²) in [5.74, 6) is -0.0326. The van der Waals surface area contributed by atoms with Crippen molar-refractivity contribution in [1.29, 1.82) is 0 Å². The molecule has 1 aromatic heterocycles. The highest BCUT2D eigenvalue weighted by Crippen LogP contribution is 2.31. The molecule has 6 nitrogen and oxygen atoms in total. The average Bonchev–Trinajstić information content (AvgIpc) is 3.26. The maximum Gasteiger partial charge on any atom is 0.255 e. The second kappa shape index (κ2) is 9.56. The molecule has 0 unspecified atom stereocenters. The Morgan fingerprint density at radius 2 is 1.83 bits per heavy atom. The van der Waals surface area contributed by atoms with Crippen LogP contribution in [-0.2, 0) is 0 Å². The number of carbonyl (C=O) groups excluding carboxylic acids is 1. The van der Waals surface area contributed by atoms with Gasteiger partial charge in [-0.1, -0.05) is 11.6 Å². The molecule has 0 bridgehead atoms. The predicted octanol–water partition coefficient (Wildman–Crippen LogP) is 6.11. The molecule has 1 aliphatic rings. The molecule has 0 aliphatic carbocycles. The third-order valence-corrected chi connectivity index (χ3v) is 7.43. The number of likely N-dealkylation sites (N-methyl/N-ethyl adjacent to an activating group) is 1. The van der Waals surface area contributed by atoms with Crippen LogP contribution in [0, 0.1) is 12.7 Å². The number of benzene rings is 3. The molecule has 1 amide bonds. The lowest BCUT2D eigenvalue weighted by Crippen LogP contribution is -2.55. The van der Waals surface area contributed by atoms with Crippen LogP contribution in [0.3, 0.4) is 0 Å². The van der Waals surface area contributed by atoms with Crippen molar-refractivity contribution >= 4 is 39.9 Å². The minimum Gasteiger partial charge on any atom is -0.368 e. The zero-order valence-corrected chi connectivity index (χ0v) is 21.5. The Kier molecular flexibility index (Phi) is 6.45. The third kappa shape index (κ3) is 4.68. The molecule has 0 radical (unpaired) electrons. The van der Waals surface area contributed by atoms with E-state index in [1.807, 2.05) is 19.1 Å². The summed E-state index contributed by atoms with van der Waals surface area (Å²) in [7, 11) is 2.17. The van der Waals surface area contributed by atoms with Gasteiger partial charge in [-0.2, -0.15) is 0 Å². The van der Waals surface area contributed by atoms with Crippen molar-refractivity contribution < 1.29 is 9.18 Å². The van der Waals surface area contributed by atoms with Crippen LogP contribution in [0.15, 0.2) is 54.6 Å². The molecular weight excluding hydrogens is 477 g/mol. The van der Waals surface area contributed by atoms with Gasteiger partial charge in [0.1, 0.15) is 11.6 Å². The van der Waals surface area contributed by atoms with Crippen LogP contribution in [0.2, 0.25) is 5.02 Å². The topological polar surface area (TPSA) is 64.3 Å². The van der Waals surface area contributed by atoms with E-state index in [-0.39, 0.29) is 11.7 Å². The summed E-state index contributed by atoms with van der Waals surface area (Å²) in [6.07, 6.45) is 0. The fourth-order valence-corrected chi connectivity index (χ4v) is 5.01. The van der Waals surface area contributed by atoms with Gasteiger partial charge in [-0.25, -0.2) is 9.37 Å². The maximum atomic E-state index is 13.6. The lowest BCUT2D eigenvalue weighted by molar-refractivity contribution is 0.102. The number of carbonyl (C=O) groups is 1. The number of hydrogen-bond acceptors (Lipinski definition) is 4. The Bertz CT molecular complexity index is 1440. The van der Waals surface area contributed by atoms with Crippen LogP contribution in [0.5, 0.6) is 0 Å². The molecule has 1 fully saturated rings. The number of nitrogens with zero attached hydrogens (tertiary/aromatic N) is 3. The van der Waals surface area contributed by atoms with Crippen LogP contribution < -0.4 is 10.2 Å². The van der Waals surface area contributed by atoms with E-state index in [1.165, 1.54) is 12.1 Å². The molecule has 0 spiro atoms. The zero-order valence-electron chi connectivity index (χ0n) is 20.8. The quantitative estimate of drug-likeness (QED) is 0.351. The number of hydrogen-bond donors (Lipinski definition) is 2. The lowest BCUT2D eigenvalue weighted by Gasteiger charge is -2.43. The van der Waals surface area contributed by atoms with E-state index < -0.39 is 0 Å². The highest BCUT2D eigenvalue weighted by atomic mass is 35.5. The number of aromatic nitrogens is 2. The molecule has 2 N–H and O–H groups in total. The Morgan fingerprint density at radius 1 is 1.08 bits per heavy atom. The average molecular weight is 506 g/mol. The van der Waals surface area contributed by atoms with Crippen molar-refractivity contribution in [2.45, 2.75) is 32.9 Å². The summed E-state index contributed by atoms with van der Waals surface area (Å²) >= 11 is 6.43. The Balaban J connectivity index is 1.36. The van der Waals surface area contributed by atoms with E-state index in [4.69, 9.17) is 11.6 Å². The maximum absolute atomic E-state index is 13.6. The van der Waals surface area contributed by atoms with Gasteiger partial charge in [0.05, 0.1) is 16.1 Å². The summed E-state index contributed by atoms with van der Waals surface area (Å²) < 4.78 is 13.6. The van der Waals surface area contributed by atoms with Gasteiger partial charge in [0.25, 0.3) is 5.91 Å². The number of rotatable bonds is 4. The number of H-pyrrole nitrogens is 1. The number of aryl methyl sites for hydroxylation is 1. The molecule has 8 heteroatoms. The lowest BCUT2D eigenvalue weighted by atomic mass is 10.0. The van der Waals surface area contributed by atoms with Crippen LogP contribution in [-0.4, -0.2) is 53.0 Å². The molecule has 0 saturated carbocycles. The Labute approximate surface area is 215 Å². The smallest absolute Gasteiger partial charge is 0.255 e. The first-order chi connectivity index (χ1) is 17.2. The van der Waals surface area contributed by atoms with E-state index in [1.54, 1.807) is 24.3 Å². The Hall–Kier alpha value is -3.42. The number of aromatic amines is 1. The van der Waals surface area contributed by atoms with E-state index in [0.717, 1.165) is 24.3 Å². The van der Waals surface area contributed by atoms with Gasteiger partial charge >= 0.3 is 0 Å². The molecule has 2 heterocycles. The summed E-state index contributed by atoms with van der Waals surface area (Å²) in [5, 5.41) is 3.45. The standard InChI is InChI=1S/C28H29ClFN5O/c1-16-11-21(35-14-17(2)34(4)18(3)15-35)7-8-22(16)28(36)31-20-6-9-24(29)23(13-20)27-32-25-10-5-19(30)12-26(25)33-27/h5-13,17-18H,14-15H2,1-4H3,(H,31,36)(H,32,33)/t17-,18+. The molecule has 5 rings (SSSR count). The van der Waals surface area contributed by atoms with Gasteiger partial charge in [0.15, 0.2) is 0 Å². The van der Waals surface area contributed by atoms with Crippen molar-refractivity contribution in [3.05, 3.63) is 76.6 Å². The van der Waals surface area contributed by atoms with Crippen molar-refractivity contribution in [3.63, 3.8) is 0 Å². The minimum atomic E-state index is -0.345. The van der Waals surface area contributed by atoms with E-state index in [0.29, 0.717) is 50.8 Å². The fraction of sp³-hybridized carbons (Fsp3) is 0.286. The van der Waals surface area contributed by atoms with Gasteiger partial charge in [-0.3, -0.25) is 9.69 Å². The van der Waals surface area contributed by atoms with Crippen molar-refractivity contribution in [1.82, 2.24) is 14.9 Å². The van der Waals surface area contributed by atoms with Gasteiger partial charge < -0.3 is 15.2 Å². The zero-order chi connectivity index (χ0) is 25.6. The van der Waals surface area contributed by atoms with Gasteiger partial charge in [-0.15, -0.1) is 0 Å². The first-order valence-electron chi connectivity index (χ1n) is 12.0. The normalized spacial score (nSPS) is 18.6. The first-order valence-corrected chi connectivity index (χ1v) is 12.4. The van der Waals surface area contributed by atoms with Crippen molar-refractivity contribution in [3.8, 4) is 11.4 Å². The van der Waals surface area contributed by atoms with Gasteiger partial charge in [0.2, 0.25) is 0 Å². The van der Waals surface area contributed by atoms with Crippen molar-refractivity contribution in [2.24, 2.45) is 0 Å². The van der Waals surface area contributed by atoms with Crippen LogP contribution in [0.1, 0.15) is 29.8 Å². The largest absolute Gasteiger partial charge is 0.368 e. The number of imidazole rings is 1. The molecule has 186 valence electrons. The number of nitrogens with one attached hydrogen (secondary N) is 2. The summed E-state index contributed by atoms with van der Waals surface area (Å²) in [6, 6.07) is 16.5. The molecule has 2 atom stereocenters. The number of fused-ring (bicyclic) bond motifs is 1. The van der Waals surface area contributed by atoms with Crippen LogP contribution >= 0.6 is 11.6 Å². The summed E-state index contributed by atoms with van der Waals surface area (Å²) in [4.78, 5) is 25.6. The highest BCUT2D eigenvalue weighted by Gasteiger charge is 2.27. The van der Waals surface area contributed by atoms with Gasteiger partial charge in [-0.05, 0) is 88.0 Å². The fourth-order valence-electron chi connectivity index (χ4n) is 4.81. The molecule has 36 heavy (non-hydrogen) atoms. The molecular formula is C28H29ClFN5O. The number of piperazine rings is 1. The third-order valence-electron chi connectivity index (χ3n) is 7.10. The second-order valence-electron chi connectivity index (χ2n) is 9.66. The summed E-state index contributed by atoms with van der Waals surface area (Å²) in [6.45, 7) is 8.34. The molecule has 1 saturated heterocycles. The van der Waals surface area contributed by atoms with E-state index in [2.05, 4.69) is 52.0 Å². The molecule has 1 aliphatic heterocycles. The van der Waals surface area contributed by atoms with Crippen molar-refractivity contribution in [2.75, 3.05) is 30.4 Å².